The molecule has 5 rings (SSSR count). The fourth-order valence-corrected chi connectivity index (χ4v) is 4.09. The van der Waals surface area contributed by atoms with Gasteiger partial charge in [0.15, 0.2) is 0 Å². The van der Waals surface area contributed by atoms with Crippen LogP contribution in [0.1, 0.15) is 0 Å². The van der Waals surface area contributed by atoms with Crippen LogP contribution in [-0.4, -0.2) is 19.2 Å². The molecule has 0 bridgehead atoms. The number of ether oxygens (including phenoxy) is 2. The van der Waals surface area contributed by atoms with Gasteiger partial charge in [0.2, 0.25) is 0 Å². The molecule has 0 radical (unpaired) electrons. The van der Waals surface area contributed by atoms with Crippen molar-refractivity contribution in [2.75, 3.05) is 14.2 Å². The first kappa shape index (κ1) is 19.8. The molecule has 0 fully saturated rings. The van der Waals surface area contributed by atoms with Crippen LogP contribution in [0.5, 0.6) is 11.5 Å². The second-order valence-corrected chi connectivity index (χ2v) is 7.55. The molecular weight excluding hydrogens is 394 g/mol. The first-order valence-corrected chi connectivity index (χ1v) is 10.6. The summed E-state index contributed by atoms with van der Waals surface area (Å²) in [5, 5.41) is 2.29. The van der Waals surface area contributed by atoms with E-state index in [1.807, 2.05) is 30.3 Å². The van der Waals surface area contributed by atoms with Gasteiger partial charge in [0, 0.05) is 22.1 Å². The third-order valence-electron chi connectivity index (χ3n) is 5.70. The number of rotatable bonds is 5. The highest BCUT2D eigenvalue weighted by Crippen LogP contribution is 2.41. The van der Waals surface area contributed by atoms with Crippen LogP contribution >= 0.6 is 0 Å². The van der Waals surface area contributed by atoms with E-state index in [1.54, 1.807) is 14.2 Å². The van der Waals surface area contributed by atoms with Gasteiger partial charge >= 0.3 is 0 Å². The minimum atomic E-state index is 0.823. The molecule has 0 unspecified atom stereocenters. The smallest absolute Gasteiger partial charge is 0.118 e. The molecular formula is C29H23NO2. The summed E-state index contributed by atoms with van der Waals surface area (Å²) in [6, 6.07) is 35.1. The minimum Gasteiger partial charge on any atom is -0.497 e. The molecule has 0 aliphatic heterocycles. The second kappa shape index (κ2) is 8.56. The lowest BCUT2D eigenvalue weighted by atomic mass is 9.91. The third kappa shape index (κ3) is 3.58. The van der Waals surface area contributed by atoms with Gasteiger partial charge in [-0.15, -0.1) is 0 Å². The van der Waals surface area contributed by atoms with Crippen LogP contribution in [0, 0.1) is 0 Å². The van der Waals surface area contributed by atoms with Gasteiger partial charge in [0.05, 0.1) is 25.6 Å². The van der Waals surface area contributed by atoms with Gasteiger partial charge in [-0.1, -0.05) is 66.7 Å². The van der Waals surface area contributed by atoms with Crippen LogP contribution < -0.4 is 9.47 Å². The normalized spacial score (nSPS) is 10.8. The van der Waals surface area contributed by atoms with E-state index in [1.165, 1.54) is 0 Å². The lowest BCUT2D eigenvalue weighted by Crippen LogP contribution is -1.96. The molecule has 4 aromatic carbocycles. The molecule has 156 valence electrons. The highest BCUT2D eigenvalue weighted by molar-refractivity contribution is 6.08. The SMILES string of the molecule is COc1ccc(-c2nc(-c3ccccc3)c3ccccc3c2-c2ccc(OC)cc2)cc1. The van der Waals surface area contributed by atoms with E-state index in [4.69, 9.17) is 14.5 Å². The Morgan fingerprint density at radius 2 is 0.969 bits per heavy atom. The van der Waals surface area contributed by atoms with Crippen molar-refractivity contribution in [2.24, 2.45) is 0 Å². The Morgan fingerprint density at radius 1 is 0.469 bits per heavy atom. The predicted molar refractivity (Wildman–Crippen MR) is 131 cm³/mol. The summed E-state index contributed by atoms with van der Waals surface area (Å²) in [5.74, 6) is 1.65. The molecule has 5 aromatic rings. The van der Waals surface area contributed by atoms with E-state index in [-0.39, 0.29) is 0 Å². The lowest BCUT2D eigenvalue weighted by molar-refractivity contribution is 0.414. The number of methoxy groups -OCH3 is 2. The molecule has 0 saturated heterocycles. The highest BCUT2D eigenvalue weighted by atomic mass is 16.5. The second-order valence-electron chi connectivity index (χ2n) is 7.55. The molecule has 1 heterocycles. The van der Waals surface area contributed by atoms with Crippen LogP contribution in [0.2, 0.25) is 0 Å². The van der Waals surface area contributed by atoms with Crippen molar-refractivity contribution in [3.63, 3.8) is 0 Å². The number of fused-ring (bicyclic) bond motifs is 1. The molecule has 1 aromatic heterocycles. The Morgan fingerprint density at radius 3 is 1.56 bits per heavy atom. The fourth-order valence-electron chi connectivity index (χ4n) is 4.09. The Labute approximate surface area is 187 Å². The summed E-state index contributed by atoms with van der Waals surface area (Å²) in [7, 11) is 3.36. The first-order chi connectivity index (χ1) is 15.8. The Bertz CT molecular complexity index is 1360. The number of nitrogens with zero attached hydrogens (tertiary/aromatic N) is 1. The van der Waals surface area contributed by atoms with Crippen molar-refractivity contribution in [1.82, 2.24) is 4.98 Å². The molecule has 0 saturated carbocycles. The molecule has 0 atom stereocenters. The van der Waals surface area contributed by atoms with Gasteiger partial charge < -0.3 is 9.47 Å². The maximum atomic E-state index is 5.38. The maximum absolute atomic E-state index is 5.38. The van der Waals surface area contributed by atoms with Gasteiger partial charge in [-0.2, -0.15) is 0 Å². The van der Waals surface area contributed by atoms with Crippen LogP contribution in [0.15, 0.2) is 103 Å². The van der Waals surface area contributed by atoms with Gasteiger partial charge in [0.1, 0.15) is 11.5 Å². The Hall–Kier alpha value is -4.11. The first-order valence-electron chi connectivity index (χ1n) is 10.6. The van der Waals surface area contributed by atoms with Crippen molar-refractivity contribution in [3.05, 3.63) is 103 Å². The Balaban J connectivity index is 1.85. The predicted octanol–water partition coefficient (Wildman–Crippen LogP) is 7.25. The van der Waals surface area contributed by atoms with E-state index in [2.05, 4.69) is 72.8 Å². The molecule has 0 aliphatic rings. The summed E-state index contributed by atoms with van der Waals surface area (Å²) >= 11 is 0. The molecule has 0 amide bonds. The van der Waals surface area contributed by atoms with Crippen LogP contribution in [0.25, 0.3) is 44.4 Å². The Kier molecular flexibility index (Phi) is 5.30. The van der Waals surface area contributed by atoms with E-state index >= 15 is 0 Å². The molecule has 32 heavy (non-hydrogen) atoms. The number of hydrogen-bond acceptors (Lipinski definition) is 3. The number of pyridine rings is 1. The molecule has 3 nitrogen and oxygen atoms in total. The van der Waals surface area contributed by atoms with Gasteiger partial charge in [-0.05, 0) is 47.3 Å². The van der Waals surface area contributed by atoms with Crippen LogP contribution in [-0.2, 0) is 0 Å². The molecule has 3 heteroatoms. The van der Waals surface area contributed by atoms with Gasteiger partial charge in [0.25, 0.3) is 0 Å². The summed E-state index contributed by atoms with van der Waals surface area (Å²) < 4.78 is 10.8. The zero-order valence-electron chi connectivity index (χ0n) is 18.1. The van der Waals surface area contributed by atoms with Crippen LogP contribution in [0.3, 0.4) is 0 Å². The van der Waals surface area contributed by atoms with E-state index < -0.39 is 0 Å². The fraction of sp³-hybridized carbons (Fsp3) is 0.0690. The topological polar surface area (TPSA) is 31.4 Å². The average molecular weight is 418 g/mol. The van der Waals surface area contributed by atoms with E-state index in [0.717, 1.165) is 55.9 Å². The van der Waals surface area contributed by atoms with Crippen molar-refractivity contribution >= 4 is 10.8 Å². The molecule has 0 spiro atoms. The zero-order chi connectivity index (χ0) is 21.9. The quantitative estimate of drug-likeness (QED) is 0.302. The van der Waals surface area contributed by atoms with Crippen LogP contribution in [0.4, 0.5) is 0 Å². The van der Waals surface area contributed by atoms with Crippen molar-refractivity contribution in [2.45, 2.75) is 0 Å². The van der Waals surface area contributed by atoms with Crippen molar-refractivity contribution in [1.29, 1.82) is 0 Å². The minimum absolute atomic E-state index is 0.823. The lowest BCUT2D eigenvalue weighted by Gasteiger charge is -2.17. The number of aromatic nitrogens is 1. The summed E-state index contributed by atoms with van der Waals surface area (Å²) in [6.45, 7) is 0. The van der Waals surface area contributed by atoms with E-state index in [9.17, 15) is 0 Å². The largest absolute Gasteiger partial charge is 0.497 e. The third-order valence-corrected chi connectivity index (χ3v) is 5.70. The monoisotopic (exact) mass is 417 g/mol. The average Bonchev–Trinajstić information content (AvgIpc) is 2.88. The van der Waals surface area contributed by atoms with Crippen molar-refractivity contribution in [3.8, 4) is 45.1 Å². The summed E-state index contributed by atoms with van der Waals surface area (Å²) in [4.78, 5) is 5.24. The summed E-state index contributed by atoms with van der Waals surface area (Å²) in [6.07, 6.45) is 0. The van der Waals surface area contributed by atoms with Gasteiger partial charge in [-0.25, -0.2) is 4.98 Å². The molecule has 0 aliphatic carbocycles. The van der Waals surface area contributed by atoms with E-state index in [0.29, 0.717) is 0 Å². The standard InChI is InChI=1S/C29H23NO2/c1-31-23-16-12-20(13-17-23)27-25-10-6-7-11-26(25)28(21-8-4-3-5-9-21)30-29(27)22-14-18-24(32-2)19-15-22/h3-19H,1-2H3. The zero-order valence-corrected chi connectivity index (χ0v) is 18.1. The summed E-state index contributed by atoms with van der Waals surface area (Å²) in [5.41, 5.74) is 6.26. The highest BCUT2D eigenvalue weighted by Gasteiger charge is 2.18. The molecule has 0 N–H and O–H groups in total. The van der Waals surface area contributed by atoms with Crippen molar-refractivity contribution < 1.29 is 9.47 Å². The maximum Gasteiger partial charge on any atom is 0.118 e. The number of hydrogen-bond donors (Lipinski definition) is 0. The number of benzene rings is 4. The van der Waals surface area contributed by atoms with Gasteiger partial charge in [-0.3, -0.25) is 0 Å².